The monoisotopic (exact) mass is 552 g/mol. The van der Waals surface area contributed by atoms with E-state index in [-0.39, 0.29) is 16.1 Å². The Hall–Kier alpha value is -2.71. The maximum absolute atomic E-state index is 14.8. The van der Waals surface area contributed by atoms with Gasteiger partial charge in [0.25, 0.3) is 10.0 Å². The number of hydrogen-bond donors (Lipinski definition) is 1. The molecular weight excluding hydrogens is 511 g/mol. The fraction of sp³-hybridized carbons (Fsp3) is 0.516. The largest absolute Gasteiger partial charge is 0.294 e. The zero-order chi connectivity index (χ0) is 27.6. The molecule has 2 aromatic carbocycles. The fourth-order valence-corrected chi connectivity index (χ4v) is 6.97. The summed E-state index contributed by atoms with van der Waals surface area (Å²) in [6.45, 7) is 8.77. The summed E-state index contributed by atoms with van der Waals surface area (Å²) >= 11 is 0. The Kier molecular flexibility index (Phi) is 8.15. The molecule has 39 heavy (non-hydrogen) atoms. The first-order valence-corrected chi connectivity index (χ1v) is 15.7. The van der Waals surface area contributed by atoms with Crippen LogP contribution in [-0.4, -0.2) is 29.6 Å². The van der Waals surface area contributed by atoms with Crippen molar-refractivity contribution in [3.05, 3.63) is 76.9 Å². The van der Waals surface area contributed by atoms with Crippen LogP contribution in [0.3, 0.4) is 0 Å². The fourth-order valence-electron chi connectivity index (χ4n) is 5.85. The minimum atomic E-state index is -3.90. The van der Waals surface area contributed by atoms with Gasteiger partial charge < -0.3 is 0 Å². The summed E-state index contributed by atoms with van der Waals surface area (Å²) in [6, 6.07) is 10.1. The van der Waals surface area contributed by atoms with Gasteiger partial charge in [0.2, 0.25) is 0 Å². The molecule has 8 heteroatoms. The van der Waals surface area contributed by atoms with Crippen molar-refractivity contribution in [2.45, 2.75) is 95.7 Å². The minimum Gasteiger partial charge on any atom is -0.294 e. The smallest absolute Gasteiger partial charge is 0.261 e. The Morgan fingerprint density at radius 2 is 1.85 bits per heavy atom. The number of sulfonamides is 1. The molecule has 0 bridgehead atoms. The molecule has 1 fully saturated rings. The van der Waals surface area contributed by atoms with Crippen LogP contribution in [0.5, 0.6) is 0 Å². The van der Waals surface area contributed by atoms with Crippen LogP contribution in [0.15, 0.2) is 53.7 Å². The molecule has 1 N–H and O–H groups in total. The molecule has 5 rings (SSSR count). The van der Waals surface area contributed by atoms with E-state index in [0.29, 0.717) is 0 Å². The second-order valence-corrected chi connectivity index (χ2v) is 14.0. The number of fused-ring (bicyclic) bond motifs is 1. The molecule has 0 radical (unpaired) electrons. The molecule has 3 aromatic rings. The molecule has 2 aliphatic rings. The van der Waals surface area contributed by atoms with Crippen LogP contribution in [0.25, 0.3) is 0 Å². The average Bonchev–Trinajstić information content (AvgIpc) is 3.58. The lowest BCUT2D eigenvalue weighted by atomic mass is 9.98. The third-order valence-corrected chi connectivity index (χ3v) is 9.50. The standard InChI is InChI=1S/C31H41FN4O2S/c1-31(2,3)36-21-25(19-33-36)20-35-16-15-26-18-28(13-12-27(26)22-35)39(37,38)34-30-14-11-24(17-29(30)32)10-6-9-23-7-4-5-8-23/h11-14,17-19,21,23,34H,4-10,15-16,20,22H2,1-3H3. The highest BCUT2D eigenvalue weighted by atomic mass is 32.2. The molecule has 0 saturated heterocycles. The lowest BCUT2D eigenvalue weighted by molar-refractivity contribution is 0.245. The first-order chi connectivity index (χ1) is 18.6. The normalized spacial score (nSPS) is 16.9. The zero-order valence-corrected chi connectivity index (χ0v) is 24.2. The first-order valence-electron chi connectivity index (χ1n) is 14.3. The van der Waals surface area contributed by atoms with Gasteiger partial charge in [0.05, 0.1) is 22.3 Å². The Morgan fingerprint density at radius 1 is 1.05 bits per heavy atom. The Bertz CT molecular complexity index is 1400. The summed E-state index contributed by atoms with van der Waals surface area (Å²) in [5, 5.41) is 4.50. The lowest BCUT2D eigenvalue weighted by Gasteiger charge is -2.28. The molecular formula is C31H41FN4O2S. The SMILES string of the molecule is CC(C)(C)n1cc(CN2CCc3cc(S(=O)(=O)Nc4ccc(CCCC5CCCC5)cc4F)ccc3C2)cn1. The number of aryl methyl sites for hydroxylation is 1. The minimum absolute atomic E-state index is 0.00533. The van der Waals surface area contributed by atoms with Crippen molar-refractivity contribution in [1.29, 1.82) is 0 Å². The van der Waals surface area contributed by atoms with Crippen molar-refractivity contribution >= 4 is 15.7 Å². The lowest BCUT2D eigenvalue weighted by Crippen LogP contribution is -2.30. The van der Waals surface area contributed by atoms with Crippen LogP contribution in [0.2, 0.25) is 0 Å². The number of nitrogens with one attached hydrogen (secondary N) is 1. The highest BCUT2D eigenvalue weighted by molar-refractivity contribution is 7.92. The summed E-state index contributed by atoms with van der Waals surface area (Å²) in [5.41, 5.74) is 4.17. The van der Waals surface area contributed by atoms with E-state index in [1.54, 1.807) is 18.2 Å². The average molecular weight is 553 g/mol. The molecule has 6 nitrogen and oxygen atoms in total. The van der Waals surface area contributed by atoms with Gasteiger partial charge in [-0.2, -0.15) is 5.10 Å². The Morgan fingerprint density at radius 3 is 2.56 bits per heavy atom. The Labute approximate surface area is 232 Å². The van der Waals surface area contributed by atoms with Crippen molar-refractivity contribution < 1.29 is 12.8 Å². The topological polar surface area (TPSA) is 67.2 Å². The van der Waals surface area contributed by atoms with Crippen molar-refractivity contribution in [3.8, 4) is 0 Å². The van der Waals surface area contributed by atoms with Gasteiger partial charge in [-0.1, -0.05) is 44.2 Å². The van der Waals surface area contributed by atoms with Crippen LogP contribution in [0, 0.1) is 11.7 Å². The van der Waals surface area contributed by atoms with Gasteiger partial charge in [0.15, 0.2) is 0 Å². The number of benzene rings is 2. The maximum Gasteiger partial charge on any atom is 0.261 e. The number of anilines is 1. The number of halogens is 1. The van der Waals surface area contributed by atoms with Gasteiger partial charge in [-0.25, -0.2) is 12.8 Å². The maximum atomic E-state index is 14.8. The van der Waals surface area contributed by atoms with Gasteiger partial charge in [0, 0.05) is 31.4 Å². The van der Waals surface area contributed by atoms with Crippen molar-refractivity contribution in [2.75, 3.05) is 11.3 Å². The molecule has 0 amide bonds. The second kappa shape index (κ2) is 11.4. The molecule has 1 aromatic heterocycles. The van der Waals surface area contributed by atoms with E-state index in [0.717, 1.165) is 61.5 Å². The van der Waals surface area contributed by atoms with E-state index in [4.69, 9.17) is 0 Å². The quantitative estimate of drug-likeness (QED) is 0.323. The van der Waals surface area contributed by atoms with E-state index in [1.165, 1.54) is 43.7 Å². The number of hydrogen-bond acceptors (Lipinski definition) is 4. The van der Waals surface area contributed by atoms with Crippen LogP contribution in [-0.2, 0) is 41.5 Å². The predicted molar refractivity (Wildman–Crippen MR) is 154 cm³/mol. The van der Waals surface area contributed by atoms with E-state index in [2.05, 4.69) is 41.7 Å². The van der Waals surface area contributed by atoms with Crippen LogP contribution < -0.4 is 4.72 Å². The second-order valence-electron chi connectivity index (χ2n) is 12.3. The van der Waals surface area contributed by atoms with Gasteiger partial charge in [-0.3, -0.25) is 14.3 Å². The molecule has 1 saturated carbocycles. The van der Waals surface area contributed by atoms with Crippen molar-refractivity contribution in [2.24, 2.45) is 5.92 Å². The Balaban J connectivity index is 1.19. The summed E-state index contributed by atoms with van der Waals surface area (Å²) in [7, 11) is -3.90. The van der Waals surface area contributed by atoms with Gasteiger partial charge in [0.1, 0.15) is 5.82 Å². The van der Waals surface area contributed by atoms with Gasteiger partial charge >= 0.3 is 0 Å². The molecule has 2 heterocycles. The van der Waals surface area contributed by atoms with E-state index >= 15 is 0 Å². The molecule has 210 valence electrons. The van der Waals surface area contributed by atoms with E-state index < -0.39 is 15.8 Å². The highest BCUT2D eigenvalue weighted by Gasteiger charge is 2.23. The molecule has 0 spiro atoms. The molecule has 0 unspecified atom stereocenters. The predicted octanol–water partition coefficient (Wildman–Crippen LogP) is 6.65. The molecule has 0 atom stereocenters. The molecule has 1 aliphatic heterocycles. The summed E-state index contributed by atoms with van der Waals surface area (Å²) < 4.78 is 45.6. The van der Waals surface area contributed by atoms with Gasteiger partial charge in [-0.15, -0.1) is 0 Å². The first kappa shape index (κ1) is 27.8. The summed E-state index contributed by atoms with van der Waals surface area (Å²) in [6.07, 6.45) is 13.1. The zero-order valence-electron chi connectivity index (χ0n) is 23.4. The third-order valence-electron chi connectivity index (χ3n) is 8.14. The molecule has 1 aliphatic carbocycles. The third kappa shape index (κ3) is 6.90. The highest BCUT2D eigenvalue weighted by Crippen LogP contribution is 2.30. The number of aromatic nitrogens is 2. The summed E-state index contributed by atoms with van der Waals surface area (Å²) in [5.74, 6) is 0.291. The number of nitrogens with zero attached hydrogens (tertiary/aromatic N) is 3. The van der Waals surface area contributed by atoms with Crippen molar-refractivity contribution in [1.82, 2.24) is 14.7 Å². The van der Waals surface area contributed by atoms with E-state index in [9.17, 15) is 12.8 Å². The van der Waals surface area contributed by atoms with Crippen LogP contribution in [0.4, 0.5) is 10.1 Å². The van der Waals surface area contributed by atoms with Gasteiger partial charge in [-0.05, 0) is 86.9 Å². The van der Waals surface area contributed by atoms with Crippen LogP contribution in [0.1, 0.15) is 81.5 Å². The van der Waals surface area contributed by atoms with Crippen LogP contribution >= 0.6 is 0 Å². The summed E-state index contributed by atoms with van der Waals surface area (Å²) in [4.78, 5) is 2.52. The van der Waals surface area contributed by atoms with Crippen molar-refractivity contribution in [3.63, 3.8) is 0 Å². The van der Waals surface area contributed by atoms with E-state index in [1.807, 2.05) is 23.0 Å². The number of rotatable bonds is 9.